The van der Waals surface area contributed by atoms with E-state index >= 15 is 0 Å². The third-order valence-corrected chi connectivity index (χ3v) is 3.99. The molecule has 3 aromatic rings. The Morgan fingerprint density at radius 1 is 1.08 bits per heavy atom. The van der Waals surface area contributed by atoms with Crippen LogP contribution < -0.4 is 5.32 Å². The Bertz CT molecular complexity index is 871. The van der Waals surface area contributed by atoms with Crippen molar-refractivity contribution in [2.45, 2.75) is 39.7 Å². The lowest BCUT2D eigenvalue weighted by atomic mass is 10.1. The number of hydrogen-bond donors (Lipinski definition) is 1. The minimum Gasteiger partial charge on any atom is -0.313 e. The van der Waals surface area contributed by atoms with Gasteiger partial charge < -0.3 is 4.57 Å². The number of imide groups is 1. The summed E-state index contributed by atoms with van der Waals surface area (Å²) in [6.45, 7) is 6.50. The summed E-state index contributed by atoms with van der Waals surface area (Å²) in [4.78, 5) is 28.0. The van der Waals surface area contributed by atoms with E-state index < -0.39 is 0 Å². The van der Waals surface area contributed by atoms with Gasteiger partial charge in [-0.15, -0.1) is 0 Å². The predicted octanol–water partition coefficient (Wildman–Crippen LogP) is 3.83. The van der Waals surface area contributed by atoms with Gasteiger partial charge in [-0.05, 0) is 30.5 Å². The van der Waals surface area contributed by atoms with Crippen LogP contribution in [0, 0.1) is 5.92 Å². The number of fused-ring (bicyclic) bond motifs is 3. The van der Waals surface area contributed by atoms with Gasteiger partial charge in [0.15, 0.2) is 0 Å². The van der Waals surface area contributed by atoms with Gasteiger partial charge in [-0.1, -0.05) is 39.0 Å². The van der Waals surface area contributed by atoms with Crippen LogP contribution in [0.2, 0.25) is 0 Å². The lowest BCUT2D eigenvalue weighted by molar-refractivity contribution is -0.135. The highest BCUT2D eigenvalue weighted by molar-refractivity contribution is 6.08. The number of amides is 2. The highest BCUT2D eigenvalue weighted by Gasteiger charge is 2.30. The molecule has 5 nitrogen and oxygen atoms in total. The highest BCUT2D eigenvalue weighted by atomic mass is 16.2. The largest absolute Gasteiger partial charge is 0.313 e. The summed E-state index contributed by atoms with van der Waals surface area (Å²) >= 11 is 0. The number of rotatable bonds is 1. The van der Waals surface area contributed by atoms with E-state index in [4.69, 9.17) is 0 Å². The minimum absolute atomic E-state index is 0.204. The average Bonchev–Trinajstić information content (AvgIpc) is 2.89. The molecule has 4 rings (SSSR count). The second-order valence-corrected chi connectivity index (χ2v) is 6.96. The van der Waals surface area contributed by atoms with Gasteiger partial charge in [-0.3, -0.25) is 14.9 Å². The number of nitrogens with one attached hydrogen (secondary N) is 1. The molecule has 1 aliphatic rings. The number of aromatic nitrogens is 2. The van der Waals surface area contributed by atoms with Crippen molar-refractivity contribution in [3.8, 4) is 0 Å². The van der Waals surface area contributed by atoms with E-state index in [1.807, 2.05) is 41.0 Å². The molecular formula is C20H23N3O2. The van der Waals surface area contributed by atoms with Crippen molar-refractivity contribution in [3.05, 3.63) is 42.6 Å². The molecule has 0 saturated carbocycles. The van der Waals surface area contributed by atoms with Crippen LogP contribution in [0.25, 0.3) is 21.9 Å². The standard InChI is InChI=1S/C16H13N3O2.C4H10/c20-14-8-7-13(16(21)18-14)19-12-6-2-1-4-10(12)11-5-3-9-17-15(11)19;1-4(2)3/h1-6,9,13H,7-8H2,(H,18,20,21);4H,1-3H3. The van der Waals surface area contributed by atoms with Crippen LogP contribution in [-0.2, 0) is 9.59 Å². The van der Waals surface area contributed by atoms with Crippen molar-refractivity contribution in [2.24, 2.45) is 5.92 Å². The summed E-state index contributed by atoms with van der Waals surface area (Å²) in [7, 11) is 0. The van der Waals surface area contributed by atoms with Gasteiger partial charge in [0.1, 0.15) is 11.7 Å². The van der Waals surface area contributed by atoms with Crippen molar-refractivity contribution < 1.29 is 9.59 Å². The van der Waals surface area contributed by atoms with Gasteiger partial charge >= 0.3 is 0 Å². The van der Waals surface area contributed by atoms with Crippen molar-refractivity contribution >= 4 is 33.8 Å². The molecule has 2 aromatic heterocycles. The Morgan fingerprint density at radius 3 is 2.48 bits per heavy atom. The zero-order valence-electron chi connectivity index (χ0n) is 14.8. The van der Waals surface area contributed by atoms with Crippen molar-refractivity contribution in [1.29, 1.82) is 0 Å². The van der Waals surface area contributed by atoms with Gasteiger partial charge in [-0.2, -0.15) is 0 Å². The SMILES string of the molecule is CC(C)C.O=C1CCC(n2c3ccccc3c3cccnc32)C(=O)N1. The monoisotopic (exact) mass is 337 g/mol. The first-order chi connectivity index (χ1) is 12.0. The number of nitrogens with zero attached hydrogens (tertiary/aromatic N) is 2. The molecule has 1 fully saturated rings. The summed E-state index contributed by atoms with van der Waals surface area (Å²) in [5.74, 6) is 0.379. The van der Waals surface area contributed by atoms with Gasteiger partial charge in [0.25, 0.3) is 0 Å². The summed E-state index contributed by atoms with van der Waals surface area (Å²) in [6.07, 6.45) is 2.59. The third-order valence-electron chi connectivity index (χ3n) is 3.99. The molecule has 0 spiro atoms. The predicted molar refractivity (Wildman–Crippen MR) is 99.2 cm³/mol. The second-order valence-electron chi connectivity index (χ2n) is 6.96. The Balaban J connectivity index is 0.000000415. The van der Waals surface area contributed by atoms with E-state index in [1.165, 1.54) is 0 Å². The fourth-order valence-electron chi connectivity index (χ4n) is 3.07. The smallest absolute Gasteiger partial charge is 0.249 e. The molecule has 5 heteroatoms. The first-order valence-electron chi connectivity index (χ1n) is 8.66. The summed E-state index contributed by atoms with van der Waals surface area (Å²) in [5, 5.41) is 4.52. The first-order valence-corrected chi connectivity index (χ1v) is 8.66. The molecule has 1 N–H and O–H groups in total. The second kappa shape index (κ2) is 7.05. The van der Waals surface area contributed by atoms with E-state index in [0.717, 1.165) is 27.9 Å². The molecule has 3 heterocycles. The molecule has 1 aliphatic heterocycles. The fourth-order valence-corrected chi connectivity index (χ4v) is 3.07. The Hall–Kier alpha value is -2.69. The van der Waals surface area contributed by atoms with Crippen LogP contribution in [0.3, 0.4) is 0 Å². The molecule has 1 atom stereocenters. The zero-order chi connectivity index (χ0) is 18.0. The first kappa shape index (κ1) is 17.1. The minimum atomic E-state index is -0.389. The molecule has 1 unspecified atom stereocenters. The maximum atomic E-state index is 12.2. The van der Waals surface area contributed by atoms with Crippen LogP contribution in [0.5, 0.6) is 0 Å². The van der Waals surface area contributed by atoms with Crippen LogP contribution in [0.4, 0.5) is 0 Å². The highest BCUT2D eigenvalue weighted by Crippen LogP contribution is 2.32. The maximum Gasteiger partial charge on any atom is 0.249 e. The lowest BCUT2D eigenvalue weighted by Gasteiger charge is -2.23. The van der Waals surface area contributed by atoms with Crippen LogP contribution in [0.15, 0.2) is 42.6 Å². The van der Waals surface area contributed by atoms with Gasteiger partial charge in [0, 0.05) is 23.4 Å². The number of benzene rings is 1. The average molecular weight is 337 g/mol. The van der Waals surface area contributed by atoms with E-state index in [9.17, 15) is 9.59 Å². The molecule has 2 amide bonds. The van der Waals surface area contributed by atoms with Crippen LogP contribution in [0.1, 0.15) is 39.7 Å². The number of carbonyl (C=O) groups excluding carboxylic acids is 2. The molecule has 130 valence electrons. The molecule has 25 heavy (non-hydrogen) atoms. The van der Waals surface area contributed by atoms with E-state index in [1.54, 1.807) is 6.20 Å². The summed E-state index contributed by atoms with van der Waals surface area (Å²) in [5.41, 5.74) is 1.76. The molecule has 0 radical (unpaired) electrons. The van der Waals surface area contributed by atoms with Crippen molar-refractivity contribution in [3.63, 3.8) is 0 Å². The molecule has 0 bridgehead atoms. The van der Waals surface area contributed by atoms with Crippen LogP contribution in [-0.4, -0.2) is 21.4 Å². The molecular weight excluding hydrogens is 314 g/mol. The van der Waals surface area contributed by atoms with Gasteiger partial charge in [0.2, 0.25) is 11.8 Å². The topological polar surface area (TPSA) is 64.0 Å². The summed E-state index contributed by atoms with van der Waals surface area (Å²) < 4.78 is 1.95. The molecule has 1 saturated heterocycles. The Morgan fingerprint density at radius 2 is 1.76 bits per heavy atom. The summed E-state index contributed by atoms with van der Waals surface area (Å²) in [6, 6.07) is 11.5. The van der Waals surface area contributed by atoms with Crippen molar-refractivity contribution in [1.82, 2.24) is 14.9 Å². The lowest BCUT2D eigenvalue weighted by Crippen LogP contribution is -2.41. The van der Waals surface area contributed by atoms with E-state index in [0.29, 0.717) is 12.8 Å². The quantitative estimate of drug-likeness (QED) is 0.686. The Kier molecular flexibility index (Phi) is 4.83. The number of pyridine rings is 1. The number of hydrogen-bond acceptors (Lipinski definition) is 3. The maximum absolute atomic E-state index is 12.2. The molecule has 0 aliphatic carbocycles. The van der Waals surface area contributed by atoms with Crippen LogP contribution >= 0.6 is 0 Å². The van der Waals surface area contributed by atoms with E-state index in [2.05, 4.69) is 31.1 Å². The number of para-hydroxylation sites is 1. The van der Waals surface area contributed by atoms with Crippen molar-refractivity contribution in [2.75, 3.05) is 0 Å². The fraction of sp³-hybridized carbons (Fsp3) is 0.350. The number of piperidine rings is 1. The third kappa shape index (κ3) is 3.40. The zero-order valence-corrected chi connectivity index (χ0v) is 14.8. The van der Waals surface area contributed by atoms with Gasteiger partial charge in [0.05, 0.1) is 5.52 Å². The number of carbonyl (C=O) groups is 2. The normalized spacial score (nSPS) is 17.5. The van der Waals surface area contributed by atoms with E-state index in [-0.39, 0.29) is 17.9 Å². The van der Waals surface area contributed by atoms with Gasteiger partial charge in [-0.25, -0.2) is 4.98 Å². The molecule has 1 aromatic carbocycles. The Labute approximate surface area is 147 Å².